The molecule has 11 rings (SSSR count). The van der Waals surface area contributed by atoms with Gasteiger partial charge in [0.05, 0.1) is 16.4 Å². The molecule has 0 radical (unpaired) electrons. The monoisotopic (exact) mass is 670 g/mol. The van der Waals surface area contributed by atoms with Gasteiger partial charge in [0.25, 0.3) is 0 Å². The van der Waals surface area contributed by atoms with Crippen molar-refractivity contribution < 1.29 is 9.47 Å². The molecule has 0 atom stereocenters. The normalized spacial score (nSPS) is 16.5. The number of para-hydroxylation sites is 6. The molecule has 0 saturated heterocycles. The van der Waals surface area contributed by atoms with Gasteiger partial charge in [-0.05, 0) is 66.5 Å². The predicted octanol–water partition coefficient (Wildman–Crippen LogP) is 11.3. The highest BCUT2D eigenvalue weighted by atomic mass is 16.5. The topological polar surface area (TPSA) is 35.4 Å². The summed E-state index contributed by atoms with van der Waals surface area (Å²) in [6, 6.07) is 50.0. The number of rotatable bonds is 3. The Hall–Kier alpha value is -6.52. The van der Waals surface area contributed by atoms with Gasteiger partial charge in [0.15, 0.2) is 0 Å². The highest BCUT2D eigenvalue weighted by Gasteiger charge is 2.52. The maximum absolute atomic E-state index is 7.35. The lowest BCUT2D eigenvalue weighted by Crippen LogP contribution is -2.40. The Morgan fingerprint density at radius 2 is 1.29 bits per heavy atom. The summed E-state index contributed by atoms with van der Waals surface area (Å²) in [5, 5.41) is 6.04. The van der Waals surface area contributed by atoms with E-state index in [2.05, 4.69) is 174 Å². The zero-order valence-electron chi connectivity index (χ0n) is 28.5. The molecule has 52 heavy (non-hydrogen) atoms. The van der Waals surface area contributed by atoms with Crippen LogP contribution in [0.4, 0.5) is 0 Å². The Morgan fingerprint density at radius 3 is 2.10 bits per heavy atom. The van der Waals surface area contributed by atoms with Crippen LogP contribution in [0.25, 0.3) is 38.6 Å². The van der Waals surface area contributed by atoms with Gasteiger partial charge in [-0.3, -0.25) is 0 Å². The van der Waals surface area contributed by atoms with Crippen molar-refractivity contribution >= 4 is 21.8 Å². The molecule has 0 bridgehead atoms. The number of nitrogens with zero attached hydrogens (tertiary/aromatic N) is 1. The second kappa shape index (κ2) is 11.2. The molecule has 6 aromatic carbocycles. The molecule has 4 nitrogen and oxygen atoms in total. The minimum Gasteiger partial charge on any atom is -0.457 e. The van der Waals surface area contributed by atoms with Gasteiger partial charge >= 0.3 is 0 Å². The van der Waals surface area contributed by atoms with Crippen LogP contribution < -0.4 is 14.8 Å². The summed E-state index contributed by atoms with van der Waals surface area (Å²) in [4.78, 5) is 0. The summed E-state index contributed by atoms with van der Waals surface area (Å²) < 4.78 is 16.4. The van der Waals surface area contributed by atoms with Gasteiger partial charge < -0.3 is 19.4 Å². The van der Waals surface area contributed by atoms with Gasteiger partial charge in [-0.1, -0.05) is 121 Å². The van der Waals surface area contributed by atoms with Crippen molar-refractivity contribution in [1.29, 1.82) is 0 Å². The SMILES string of the molecule is C1=CCNC(C2=CC3=C(CC2)C2(c4ccccc4Oc4ccccc42)c2cccc(-c4cccc5c6ccccc6n(-c6ccccc6)c45)c2O3)=C1. The maximum atomic E-state index is 7.35. The van der Waals surface area contributed by atoms with E-state index in [0.29, 0.717) is 0 Å². The highest BCUT2D eigenvalue weighted by Crippen LogP contribution is 2.62. The van der Waals surface area contributed by atoms with Gasteiger partial charge in [-0.15, -0.1) is 0 Å². The van der Waals surface area contributed by atoms with E-state index in [1.165, 1.54) is 27.4 Å². The molecule has 7 aromatic rings. The van der Waals surface area contributed by atoms with Crippen molar-refractivity contribution in [3.8, 4) is 34.1 Å². The molecule has 0 amide bonds. The first-order valence-electron chi connectivity index (χ1n) is 18.1. The van der Waals surface area contributed by atoms with Crippen molar-refractivity contribution in [3.63, 3.8) is 0 Å². The van der Waals surface area contributed by atoms with Crippen LogP contribution >= 0.6 is 0 Å². The number of allylic oxidation sites excluding steroid dienone is 5. The minimum absolute atomic E-state index is 0.610. The Bertz CT molecular complexity index is 2700. The first kappa shape index (κ1) is 29.2. The standard InChI is InChI=1S/C48H34N2O2/c1-2-14-32(15-3-1)50-42-24-7-4-16-33(42)34-17-12-18-35(46(34)50)36-19-13-22-40-47(36)52-45-30-31(41-23-10-11-29-49-41)27-28-39(45)48(40)37-20-5-8-25-43(37)51-44-26-9-6-21-38(44)48/h1-26,30,49H,27-29H2. The molecule has 1 aromatic heterocycles. The van der Waals surface area contributed by atoms with Crippen LogP contribution in [0, 0.1) is 0 Å². The van der Waals surface area contributed by atoms with Gasteiger partial charge in [-0.2, -0.15) is 0 Å². The highest BCUT2D eigenvalue weighted by molar-refractivity contribution is 6.14. The summed E-state index contributed by atoms with van der Waals surface area (Å²) in [6.07, 6.45) is 10.5. The Balaban J connectivity index is 1.25. The van der Waals surface area contributed by atoms with Gasteiger partial charge in [0.2, 0.25) is 0 Å². The Morgan fingerprint density at radius 1 is 0.596 bits per heavy atom. The number of aromatic nitrogens is 1. The molecule has 0 unspecified atom stereocenters. The number of hydrogen-bond acceptors (Lipinski definition) is 3. The van der Waals surface area contributed by atoms with Crippen molar-refractivity contribution in [2.45, 2.75) is 18.3 Å². The third-order valence-corrected chi connectivity index (χ3v) is 11.3. The summed E-state index contributed by atoms with van der Waals surface area (Å²) in [5.41, 5.74) is 12.2. The molecule has 1 aliphatic carbocycles. The zero-order chi connectivity index (χ0) is 34.2. The van der Waals surface area contributed by atoms with Crippen LogP contribution in [0.3, 0.4) is 0 Å². The average Bonchev–Trinajstić information content (AvgIpc) is 3.56. The number of benzene rings is 6. The molecule has 0 saturated carbocycles. The molecule has 3 aliphatic heterocycles. The van der Waals surface area contributed by atoms with Gasteiger partial charge in [-0.25, -0.2) is 0 Å². The Labute approximate surface area is 302 Å². The van der Waals surface area contributed by atoms with E-state index >= 15 is 0 Å². The summed E-state index contributed by atoms with van der Waals surface area (Å²) >= 11 is 0. The van der Waals surface area contributed by atoms with E-state index < -0.39 is 5.41 Å². The van der Waals surface area contributed by atoms with Crippen LogP contribution in [0.15, 0.2) is 186 Å². The second-order valence-electron chi connectivity index (χ2n) is 13.9. The number of nitrogens with one attached hydrogen (secondary N) is 1. The lowest BCUT2D eigenvalue weighted by atomic mass is 9.59. The van der Waals surface area contributed by atoms with E-state index in [4.69, 9.17) is 9.47 Å². The first-order valence-corrected chi connectivity index (χ1v) is 18.1. The molecule has 4 aliphatic rings. The van der Waals surface area contributed by atoms with Crippen LogP contribution in [-0.4, -0.2) is 11.1 Å². The number of dihydropyridines is 1. The first-order chi connectivity index (χ1) is 25.8. The number of hydrogen-bond donors (Lipinski definition) is 1. The van der Waals surface area contributed by atoms with Crippen LogP contribution in [-0.2, 0) is 5.41 Å². The van der Waals surface area contributed by atoms with Crippen molar-refractivity contribution in [2.75, 3.05) is 6.54 Å². The summed E-state index contributed by atoms with van der Waals surface area (Å²) in [7, 11) is 0. The van der Waals surface area contributed by atoms with E-state index in [1.54, 1.807) is 0 Å². The molecule has 1 N–H and O–H groups in total. The largest absolute Gasteiger partial charge is 0.457 e. The van der Waals surface area contributed by atoms with E-state index in [0.717, 1.165) is 87.1 Å². The third-order valence-electron chi connectivity index (χ3n) is 11.3. The van der Waals surface area contributed by atoms with E-state index in [-0.39, 0.29) is 0 Å². The minimum atomic E-state index is -0.610. The lowest BCUT2D eigenvalue weighted by molar-refractivity contribution is 0.367. The van der Waals surface area contributed by atoms with E-state index in [1.807, 2.05) is 0 Å². The molecule has 0 fully saturated rings. The maximum Gasteiger partial charge on any atom is 0.140 e. The van der Waals surface area contributed by atoms with Crippen molar-refractivity contribution in [1.82, 2.24) is 9.88 Å². The fourth-order valence-electron chi connectivity index (χ4n) is 9.17. The van der Waals surface area contributed by atoms with Crippen LogP contribution in [0.2, 0.25) is 0 Å². The molecular formula is C48H34N2O2. The third kappa shape index (κ3) is 4.03. The fourth-order valence-corrected chi connectivity index (χ4v) is 9.17. The van der Waals surface area contributed by atoms with Crippen LogP contribution in [0.5, 0.6) is 17.2 Å². The fraction of sp³-hybridized carbons (Fsp3) is 0.0833. The van der Waals surface area contributed by atoms with Crippen LogP contribution in [0.1, 0.15) is 29.5 Å². The van der Waals surface area contributed by atoms with Gasteiger partial charge in [0.1, 0.15) is 23.0 Å². The summed E-state index contributed by atoms with van der Waals surface area (Å²) in [5.74, 6) is 3.57. The second-order valence-corrected chi connectivity index (χ2v) is 13.9. The molecule has 4 heteroatoms. The number of fused-ring (bicyclic) bond motifs is 10. The van der Waals surface area contributed by atoms with Gasteiger partial charge in [0, 0.05) is 56.5 Å². The smallest absolute Gasteiger partial charge is 0.140 e. The quantitative estimate of drug-likeness (QED) is 0.203. The molecule has 248 valence electrons. The van der Waals surface area contributed by atoms with Crippen molar-refractivity contribution in [3.05, 3.63) is 203 Å². The Kier molecular flexibility index (Phi) is 6.32. The lowest BCUT2D eigenvalue weighted by Gasteiger charge is -2.47. The predicted molar refractivity (Wildman–Crippen MR) is 209 cm³/mol. The molecule has 1 spiro atoms. The average molecular weight is 671 g/mol. The number of ether oxygens (including phenoxy) is 2. The molecular weight excluding hydrogens is 637 g/mol. The van der Waals surface area contributed by atoms with E-state index in [9.17, 15) is 0 Å². The summed E-state index contributed by atoms with van der Waals surface area (Å²) in [6.45, 7) is 0.824. The molecule has 4 heterocycles. The van der Waals surface area contributed by atoms with Crippen molar-refractivity contribution in [2.24, 2.45) is 0 Å². The zero-order valence-corrected chi connectivity index (χ0v) is 28.5.